The molecule has 3 atom stereocenters. The van der Waals surface area contributed by atoms with Gasteiger partial charge in [-0.05, 0) is 20.8 Å². The third kappa shape index (κ3) is 3.44. The summed E-state index contributed by atoms with van der Waals surface area (Å²) in [6.07, 6.45) is -2.19. The second-order valence-electron chi connectivity index (χ2n) is 4.78. The molecule has 0 spiro atoms. The summed E-state index contributed by atoms with van der Waals surface area (Å²) in [5, 5.41) is 18.5. The van der Waals surface area contributed by atoms with E-state index in [9.17, 15) is 9.90 Å². The minimum atomic E-state index is -0.960. The molecule has 1 rings (SSSR count). The highest BCUT2D eigenvalue weighted by atomic mass is 16.6. The zero-order valence-electron chi connectivity index (χ0n) is 9.27. The molecule has 15 heavy (non-hydrogen) atoms. The van der Waals surface area contributed by atoms with Gasteiger partial charge in [0.15, 0.2) is 6.29 Å². The summed E-state index contributed by atoms with van der Waals surface area (Å²) in [5.41, 5.74) is -0.567. The van der Waals surface area contributed by atoms with Gasteiger partial charge in [-0.15, -0.1) is 0 Å². The Balaban J connectivity index is 2.35. The van der Waals surface area contributed by atoms with Crippen LogP contribution in [0.4, 0.5) is 0 Å². The van der Waals surface area contributed by atoms with Gasteiger partial charge in [0.2, 0.25) is 0 Å². The molecular weight excluding hydrogens is 200 g/mol. The van der Waals surface area contributed by atoms with Crippen molar-refractivity contribution in [3.8, 4) is 0 Å². The second-order valence-corrected chi connectivity index (χ2v) is 4.78. The van der Waals surface area contributed by atoms with Gasteiger partial charge < -0.3 is 19.7 Å². The summed E-state index contributed by atoms with van der Waals surface area (Å²) in [4.78, 5) is 11.4. The molecule has 1 unspecified atom stereocenters. The highest BCUT2D eigenvalue weighted by molar-refractivity contribution is 5.75. The van der Waals surface area contributed by atoms with Crippen molar-refractivity contribution >= 4 is 5.97 Å². The number of carbonyl (C=O) groups excluding carboxylic acids is 1. The van der Waals surface area contributed by atoms with E-state index in [2.05, 4.69) is 0 Å². The Morgan fingerprint density at radius 2 is 2.07 bits per heavy atom. The van der Waals surface area contributed by atoms with E-state index in [0.717, 1.165) is 0 Å². The topological polar surface area (TPSA) is 76.0 Å². The van der Waals surface area contributed by atoms with Gasteiger partial charge >= 0.3 is 5.97 Å². The molecule has 88 valence electrons. The minimum Gasteiger partial charge on any atom is -0.462 e. The molecule has 5 nitrogen and oxygen atoms in total. The number of hydrogen-bond donors (Lipinski definition) is 2. The van der Waals surface area contributed by atoms with Crippen molar-refractivity contribution in [1.29, 1.82) is 0 Å². The quantitative estimate of drug-likeness (QED) is 0.640. The van der Waals surface area contributed by atoms with Crippen LogP contribution in [0.1, 0.15) is 27.2 Å². The molecule has 1 heterocycles. The largest absolute Gasteiger partial charge is 0.462 e. The van der Waals surface area contributed by atoms with Gasteiger partial charge in [-0.1, -0.05) is 0 Å². The van der Waals surface area contributed by atoms with Gasteiger partial charge in [0.25, 0.3) is 0 Å². The number of aliphatic hydroxyl groups is 2. The highest BCUT2D eigenvalue weighted by Gasteiger charge is 2.34. The van der Waals surface area contributed by atoms with Crippen LogP contribution in [0.25, 0.3) is 0 Å². The summed E-state index contributed by atoms with van der Waals surface area (Å²) in [7, 11) is 0. The van der Waals surface area contributed by atoms with E-state index in [1.807, 2.05) is 0 Å². The Morgan fingerprint density at radius 1 is 1.47 bits per heavy atom. The molecular formula is C10H18O5. The van der Waals surface area contributed by atoms with Crippen molar-refractivity contribution in [1.82, 2.24) is 0 Å². The maximum atomic E-state index is 11.4. The first-order valence-corrected chi connectivity index (χ1v) is 4.99. The van der Waals surface area contributed by atoms with Crippen LogP contribution in [0.5, 0.6) is 0 Å². The van der Waals surface area contributed by atoms with Gasteiger partial charge in [-0.2, -0.15) is 0 Å². The first-order valence-electron chi connectivity index (χ1n) is 4.99. The van der Waals surface area contributed by atoms with Crippen molar-refractivity contribution in [3.63, 3.8) is 0 Å². The van der Waals surface area contributed by atoms with Gasteiger partial charge in [0.1, 0.15) is 12.7 Å². The molecule has 2 N–H and O–H groups in total. The minimum absolute atomic E-state index is 0.0195. The van der Waals surface area contributed by atoms with Crippen LogP contribution in [-0.4, -0.2) is 41.3 Å². The average molecular weight is 218 g/mol. The molecule has 0 aromatic rings. The van der Waals surface area contributed by atoms with E-state index in [1.165, 1.54) is 0 Å². The smallest absolute Gasteiger partial charge is 0.311 e. The van der Waals surface area contributed by atoms with Crippen molar-refractivity contribution in [2.75, 3.05) is 6.61 Å². The van der Waals surface area contributed by atoms with Crippen molar-refractivity contribution in [2.45, 2.75) is 45.7 Å². The molecule has 1 aliphatic rings. The van der Waals surface area contributed by atoms with Crippen molar-refractivity contribution < 1.29 is 24.5 Å². The third-order valence-electron chi connectivity index (χ3n) is 2.20. The van der Waals surface area contributed by atoms with Crippen LogP contribution in [0.15, 0.2) is 0 Å². The molecule has 0 amide bonds. The van der Waals surface area contributed by atoms with Crippen LogP contribution in [0.3, 0.4) is 0 Å². The summed E-state index contributed by atoms with van der Waals surface area (Å²) < 4.78 is 9.94. The monoisotopic (exact) mass is 218 g/mol. The summed E-state index contributed by atoms with van der Waals surface area (Å²) >= 11 is 0. The summed E-state index contributed by atoms with van der Waals surface area (Å²) in [5.74, 6) is -0.348. The number of ether oxygens (including phenoxy) is 2. The Labute approximate surface area is 89.0 Å². The fourth-order valence-electron chi connectivity index (χ4n) is 1.23. The predicted molar refractivity (Wildman–Crippen MR) is 51.9 cm³/mol. The van der Waals surface area contributed by atoms with Crippen molar-refractivity contribution in [2.24, 2.45) is 5.41 Å². The molecule has 5 heteroatoms. The van der Waals surface area contributed by atoms with E-state index in [-0.39, 0.29) is 19.0 Å². The van der Waals surface area contributed by atoms with Gasteiger partial charge in [-0.25, -0.2) is 0 Å². The first-order chi connectivity index (χ1) is 6.80. The van der Waals surface area contributed by atoms with Crippen molar-refractivity contribution in [3.05, 3.63) is 0 Å². The number of esters is 1. The average Bonchev–Trinajstić information content (AvgIpc) is 2.39. The van der Waals surface area contributed by atoms with Crippen LogP contribution < -0.4 is 0 Å². The Bertz CT molecular complexity index is 232. The number of rotatable bonds is 2. The maximum absolute atomic E-state index is 11.4. The molecule has 0 aromatic heterocycles. The van der Waals surface area contributed by atoms with Gasteiger partial charge in [-0.3, -0.25) is 4.79 Å². The Hall–Kier alpha value is -0.650. The van der Waals surface area contributed by atoms with Crippen LogP contribution >= 0.6 is 0 Å². The lowest BCUT2D eigenvalue weighted by Crippen LogP contribution is -2.31. The zero-order valence-corrected chi connectivity index (χ0v) is 9.27. The van der Waals surface area contributed by atoms with E-state index < -0.39 is 23.9 Å². The molecule has 0 aromatic carbocycles. The molecule has 0 saturated carbocycles. The first kappa shape index (κ1) is 12.4. The van der Waals surface area contributed by atoms with Crippen LogP contribution in [-0.2, 0) is 14.3 Å². The lowest BCUT2D eigenvalue weighted by Gasteiger charge is -2.19. The van der Waals surface area contributed by atoms with E-state index >= 15 is 0 Å². The molecule has 1 saturated heterocycles. The Kier molecular flexibility index (Phi) is 3.70. The molecule has 1 fully saturated rings. The molecule has 1 aliphatic heterocycles. The van der Waals surface area contributed by atoms with Crippen LogP contribution in [0.2, 0.25) is 0 Å². The SMILES string of the molecule is CC(C)(C)C(=O)OC[C@H]1OC(O)C[C@@H]1O. The summed E-state index contributed by atoms with van der Waals surface area (Å²) in [6.45, 7) is 5.22. The zero-order chi connectivity index (χ0) is 11.6. The number of carbonyl (C=O) groups is 1. The van der Waals surface area contributed by atoms with Crippen LogP contribution in [0, 0.1) is 5.41 Å². The number of hydrogen-bond acceptors (Lipinski definition) is 5. The lowest BCUT2D eigenvalue weighted by molar-refractivity contribution is -0.163. The fraction of sp³-hybridized carbons (Fsp3) is 0.900. The van der Waals surface area contributed by atoms with Gasteiger partial charge in [0.05, 0.1) is 11.5 Å². The van der Waals surface area contributed by atoms with E-state index in [1.54, 1.807) is 20.8 Å². The highest BCUT2D eigenvalue weighted by Crippen LogP contribution is 2.20. The second kappa shape index (κ2) is 4.47. The molecule has 0 bridgehead atoms. The normalized spacial score (nSPS) is 31.7. The van der Waals surface area contributed by atoms with E-state index in [0.29, 0.717) is 0 Å². The summed E-state index contributed by atoms with van der Waals surface area (Å²) in [6, 6.07) is 0. The fourth-order valence-corrected chi connectivity index (χ4v) is 1.23. The maximum Gasteiger partial charge on any atom is 0.311 e. The Morgan fingerprint density at radius 3 is 2.47 bits per heavy atom. The van der Waals surface area contributed by atoms with Gasteiger partial charge in [0, 0.05) is 6.42 Å². The molecule has 0 radical (unpaired) electrons. The molecule has 0 aliphatic carbocycles. The third-order valence-corrected chi connectivity index (χ3v) is 2.20. The predicted octanol–water partition coefficient (Wildman–Crippen LogP) is 0.0439. The standard InChI is InChI=1S/C10H18O5/c1-10(2,3)9(13)14-5-7-6(11)4-8(12)15-7/h6-8,11-12H,4-5H2,1-3H3/t6-,7+,8?/m0/s1. The number of aliphatic hydroxyl groups excluding tert-OH is 2. The lowest BCUT2D eigenvalue weighted by atomic mass is 9.97. The van der Waals surface area contributed by atoms with E-state index in [4.69, 9.17) is 14.6 Å².